The molecule has 23 heavy (non-hydrogen) atoms. The van der Waals surface area contributed by atoms with Gasteiger partial charge in [0, 0.05) is 11.8 Å². The summed E-state index contributed by atoms with van der Waals surface area (Å²) in [5, 5.41) is 2.88. The summed E-state index contributed by atoms with van der Waals surface area (Å²) in [5.41, 5.74) is 2.25. The summed E-state index contributed by atoms with van der Waals surface area (Å²) in [5.74, 6) is 1.68. The van der Waals surface area contributed by atoms with Crippen LogP contribution < -0.4 is 19.5 Å². The Morgan fingerprint density at radius 2 is 1.91 bits per heavy atom. The quantitative estimate of drug-likeness (QED) is 0.941. The molecule has 120 valence electrons. The molecule has 1 N–H and O–H groups in total. The zero-order valence-corrected chi connectivity index (χ0v) is 13.2. The van der Waals surface area contributed by atoms with Crippen LogP contribution in [0.15, 0.2) is 36.4 Å². The highest BCUT2D eigenvalue weighted by atomic mass is 16.6. The molecule has 5 heteroatoms. The van der Waals surface area contributed by atoms with E-state index in [1.54, 1.807) is 25.3 Å². The molecular weight excluding hydrogens is 294 g/mol. The molecular formula is C18H19NO4. The third kappa shape index (κ3) is 3.23. The van der Waals surface area contributed by atoms with Crippen LogP contribution in [0.3, 0.4) is 0 Å². The zero-order chi connectivity index (χ0) is 16.2. The molecule has 1 aliphatic heterocycles. The molecule has 1 heterocycles. The van der Waals surface area contributed by atoms with Crippen molar-refractivity contribution in [2.75, 3.05) is 25.6 Å². The smallest absolute Gasteiger partial charge is 0.259 e. The number of methoxy groups -OCH3 is 1. The summed E-state index contributed by atoms with van der Waals surface area (Å²) < 4.78 is 16.3. The monoisotopic (exact) mass is 313 g/mol. The standard InChI is InChI=1S/C18H19NO4/c1-3-12-4-6-15(21-2)14(10-12)18(20)19-13-5-7-16-17(11-13)23-9-8-22-16/h4-7,10-11H,3,8-9H2,1-2H3,(H,19,20). The highest BCUT2D eigenvalue weighted by molar-refractivity contribution is 6.06. The van der Waals surface area contributed by atoms with Crippen LogP contribution in [-0.2, 0) is 6.42 Å². The number of rotatable bonds is 4. The van der Waals surface area contributed by atoms with Crippen LogP contribution in [0.5, 0.6) is 17.2 Å². The van der Waals surface area contributed by atoms with Crippen molar-refractivity contribution in [3.05, 3.63) is 47.5 Å². The van der Waals surface area contributed by atoms with Gasteiger partial charge in [0.05, 0.1) is 12.7 Å². The largest absolute Gasteiger partial charge is 0.496 e. The van der Waals surface area contributed by atoms with Crippen LogP contribution >= 0.6 is 0 Å². The fraction of sp³-hybridized carbons (Fsp3) is 0.278. The summed E-state index contributed by atoms with van der Waals surface area (Å²) in [4.78, 5) is 12.6. The van der Waals surface area contributed by atoms with Crippen LogP contribution in [0.1, 0.15) is 22.8 Å². The van der Waals surface area contributed by atoms with Crippen LogP contribution in [0.25, 0.3) is 0 Å². The Bertz CT molecular complexity index is 727. The molecule has 0 spiro atoms. The maximum Gasteiger partial charge on any atom is 0.259 e. The highest BCUT2D eigenvalue weighted by Crippen LogP contribution is 2.33. The number of fused-ring (bicyclic) bond motifs is 1. The minimum Gasteiger partial charge on any atom is -0.496 e. The van der Waals surface area contributed by atoms with Crippen LogP contribution in [0.2, 0.25) is 0 Å². The van der Waals surface area contributed by atoms with E-state index < -0.39 is 0 Å². The highest BCUT2D eigenvalue weighted by Gasteiger charge is 2.16. The Morgan fingerprint density at radius 1 is 1.13 bits per heavy atom. The van der Waals surface area contributed by atoms with Crippen molar-refractivity contribution >= 4 is 11.6 Å². The number of ether oxygens (including phenoxy) is 3. The van der Waals surface area contributed by atoms with Crippen molar-refractivity contribution in [1.29, 1.82) is 0 Å². The summed E-state index contributed by atoms with van der Waals surface area (Å²) in [6, 6.07) is 11.0. The molecule has 0 saturated heterocycles. The van der Waals surface area contributed by atoms with Gasteiger partial charge in [-0.25, -0.2) is 0 Å². The van der Waals surface area contributed by atoms with Gasteiger partial charge < -0.3 is 19.5 Å². The van der Waals surface area contributed by atoms with Crippen molar-refractivity contribution in [2.24, 2.45) is 0 Å². The number of hydrogen-bond acceptors (Lipinski definition) is 4. The lowest BCUT2D eigenvalue weighted by Crippen LogP contribution is -2.17. The van der Waals surface area contributed by atoms with Gasteiger partial charge in [-0.05, 0) is 36.2 Å². The minimum atomic E-state index is -0.214. The summed E-state index contributed by atoms with van der Waals surface area (Å²) in [6.45, 7) is 3.10. The second-order valence-corrected chi connectivity index (χ2v) is 5.20. The van der Waals surface area contributed by atoms with E-state index in [1.807, 2.05) is 25.1 Å². The lowest BCUT2D eigenvalue weighted by atomic mass is 10.1. The predicted octanol–water partition coefficient (Wildman–Crippen LogP) is 3.28. The minimum absolute atomic E-state index is 0.214. The third-order valence-corrected chi connectivity index (χ3v) is 3.72. The van der Waals surface area contributed by atoms with Gasteiger partial charge in [-0.3, -0.25) is 4.79 Å². The van der Waals surface area contributed by atoms with Gasteiger partial charge in [0.1, 0.15) is 19.0 Å². The molecule has 0 aliphatic carbocycles. The Labute approximate surface area is 135 Å². The van der Waals surface area contributed by atoms with Crippen molar-refractivity contribution in [3.63, 3.8) is 0 Å². The molecule has 0 aromatic heterocycles. The van der Waals surface area contributed by atoms with Gasteiger partial charge >= 0.3 is 0 Å². The number of nitrogens with one attached hydrogen (secondary N) is 1. The maximum atomic E-state index is 12.6. The fourth-order valence-corrected chi connectivity index (χ4v) is 2.47. The molecule has 0 fully saturated rings. The van der Waals surface area contributed by atoms with Crippen molar-refractivity contribution in [1.82, 2.24) is 0 Å². The summed E-state index contributed by atoms with van der Waals surface area (Å²) in [6.07, 6.45) is 0.855. The molecule has 2 aromatic rings. The Hall–Kier alpha value is -2.69. The Kier molecular flexibility index (Phi) is 4.37. The van der Waals surface area contributed by atoms with Crippen LogP contribution in [-0.4, -0.2) is 26.2 Å². The van der Waals surface area contributed by atoms with E-state index >= 15 is 0 Å². The number of carbonyl (C=O) groups is 1. The second kappa shape index (κ2) is 6.60. The molecule has 2 aromatic carbocycles. The van der Waals surface area contributed by atoms with E-state index in [0.717, 1.165) is 12.0 Å². The molecule has 0 radical (unpaired) electrons. The van der Waals surface area contributed by atoms with Crippen LogP contribution in [0, 0.1) is 0 Å². The molecule has 0 atom stereocenters. The molecule has 1 aliphatic rings. The molecule has 0 saturated carbocycles. The van der Waals surface area contributed by atoms with Crippen molar-refractivity contribution < 1.29 is 19.0 Å². The number of hydrogen-bond donors (Lipinski definition) is 1. The van der Waals surface area contributed by atoms with E-state index in [4.69, 9.17) is 14.2 Å². The topological polar surface area (TPSA) is 56.8 Å². The first-order valence-corrected chi connectivity index (χ1v) is 7.59. The Morgan fingerprint density at radius 3 is 2.65 bits per heavy atom. The van der Waals surface area contributed by atoms with E-state index in [0.29, 0.717) is 41.7 Å². The first-order valence-electron chi connectivity index (χ1n) is 7.59. The van der Waals surface area contributed by atoms with Gasteiger partial charge in [-0.15, -0.1) is 0 Å². The van der Waals surface area contributed by atoms with E-state index in [2.05, 4.69) is 5.32 Å². The zero-order valence-electron chi connectivity index (χ0n) is 13.2. The van der Waals surface area contributed by atoms with Crippen LogP contribution in [0.4, 0.5) is 5.69 Å². The second-order valence-electron chi connectivity index (χ2n) is 5.20. The average molecular weight is 313 g/mol. The SMILES string of the molecule is CCc1ccc(OC)c(C(=O)Nc2ccc3c(c2)OCCO3)c1. The molecule has 0 unspecified atom stereocenters. The summed E-state index contributed by atoms with van der Waals surface area (Å²) >= 11 is 0. The molecule has 5 nitrogen and oxygen atoms in total. The lowest BCUT2D eigenvalue weighted by molar-refractivity contribution is 0.102. The maximum absolute atomic E-state index is 12.6. The lowest BCUT2D eigenvalue weighted by Gasteiger charge is -2.19. The number of amides is 1. The first-order chi connectivity index (χ1) is 11.2. The van der Waals surface area contributed by atoms with Gasteiger partial charge in [-0.1, -0.05) is 13.0 Å². The number of anilines is 1. The van der Waals surface area contributed by atoms with Gasteiger partial charge in [0.25, 0.3) is 5.91 Å². The molecule has 3 rings (SSSR count). The number of benzene rings is 2. The average Bonchev–Trinajstić information content (AvgIpc) is 2.61. The Balaban J connectivity index is 1.84. The fourth-order valence-electron chi connectivity index (χ4n) is 2.47. The van der Waals surface area contributed by atoms with E-state index in [-0.39, 0.29) is 5.91 Å². The normalized spacial score (nSPS) is 12.6. The predicted molar refractivity (Wildman–Crippen MR) is 87.8 cm³/mol. The van der Waals surface area contributed by atoms with Crippen molar-refractivity contribution in [2.45, 2.75) is 13.3 Å². The number of carbonyl (C=O) groups excluding carboxylic acids is 1. The summed E-state index contributed by atoms with van der Waals surface area (Å²) in [7, 11) is 1.56. The first kappa shape index (κ1) is 15.2. The molecule has 0 bridgehead atoms. The molecule has 1 amide bonds. The van der Waals surface area contributed by atoms with Crippen molar-refractivity contribution in [3.8, 4) is 17.2 Å². The number of aryl methyl sites for hydroxylation is 1. The van der Waals surface area contributed by atoms with Gasteiger partial charge in [0.2, 0.25) is 0 Å². The third-order valence-electron chi connectivity index (χ3n) is 3.72. The van der Waals surface area contributed by atoms with Gasteiger partial charge in [-0.2, -0.15) is 0 Å². The van der Waals surface area contributed by atoms with Gasteiger partial charge in [0.15, 0.2) is 11.5 Å². The van der Waals surface area contributed by atoms with E-state index in [9.17, 15) is 4.79 Å². The van der Waals surface area contributed by atoms with E-state index in [1.165, 1.54) is 0 Å².